The van der Waals surface area contributed by atoms with Crippen molar-refractivity contribution in [3.8, 4) is 6.07 Å². The van der Waals surface area contributed by atoms with E-state index in [4.69, 9.17) is 22.6 Å². The third-order valence-corrected chi connectivity index (χ3v) is 5.15. The number of rotatable bonds is 6. The van der Waals surface area contributed by atoms with Crippen LogP contribution in [0.3, 0.4) is 0 Å². The molecule has 2 aromatic rings. The van der Waals surface area contributed by atoms with Gasteiger partial charge in [0.25, 0.3) is 0 Å². The first-order valence-corrected chi connectivity index (χ1v) is 8.79. The molecule has 1 fully saturated rings. The lowest BCUT2D eigenvalue weighted by molar-refractivity contribution is -0.122. The van der Waals surface area contributed by atoms with Crippen LogP contribution in [-0.2, 0) is 16.6 Å². The van der Waals surface area contributed by atoms with Crippen LogP contribution in [0, 0.1) is 17.1 Å². The molecule has 1 unspecified atom stereocenters. The number of nitrogens with zero attached hydrogens (tertiary/aromatic N) is 1. The Bertz CT molecular complexity index is 856. The molecule has 3 N–H and O–H groups in total. The van der Waals surface area contributed by atoms with Gasteiger partial charge in [-0.05, 0) is 54.7 Å². The van der Waals surface area contributed by atoms with Crippen LogP contribution in [0.5, 0.6) is 0 Å². The normalized spacial score (nSPS) is 15.8. The van der Waals surface area contributed by atoms with Gasteiger partial charge in [0, 0.05) is 12.0 Å². The van der Waals surface area contributed by atoms with E-state index in [1.54, 1.807) is 36.4 Å². The zero-order valence-electron chi connectivity index (χ0n) is 14.1. The minimum absolute atomic E-state index is 0.0950. The number of nitriles is 1. The van der Waals surface area contributed by atoms with Gasteiger partial charge in [-0.25, -0.2) is 4.39 Å². The van der Waals surface area contributed by atoms with E-state index in [-0.39, 0.29) is 16.3 Å². The van der Waals surface area contributed by atoms with E-state index < -0.39 is 11.9 Å². The molecule has 6 heteroatoms. The summed E-state index contributed by atoms with van der Waals surface area (Å²) in [6, 6.07) is 13.1. The smallest absolute Gasteiger partial charge is 0.237 e. The second-order valence-electron chi connectivity index (χ2n) is 6.75. The predicted octanol–water partition coefficient (Wildman–Crippen LogP) is 3.07. The van der Waals surface area contributed by atoms with Gasteiger partial charge in [0.15, 0.2) is 0 Å². The fourth-order valence-corrected chi connectivity index (χ4v) is 3.17. The largest absolute Gasteiger partial charge is 0.354 e. The number of carbonyl (C=O) groups is 1. The molecule has 1 amide bonds. The van der Waals surface area contributed by atoms with Crippen molar-refractivity contribution >= 4 is 17.5 Å². The second-order valence-corrected chi connectivity index (χ2v) is 7.15. The lowest BCUT2D eigenvalue weighted by atomic mass is 9.95. The molecule has 0 spiro atoms. The fourth-order valence-electron chi connectivity index (χ4n) is 2.99. The van der Waals surface area contributed by atoms with E-state index in [0.717, 1.165) is 24.0 Å². The molecule has 0 aliphatic heterocycles. The first-order chi connectivity index (χ1) is 12.4. The minimum Gasteiger partial charge on any atom is -0.354 e. The van der Waals surface area contributed by atoms with Crippen LogP contribution in [0.15, 0.2) is 42.5 Å². The maximum atomic E-state index is 13.3. The number of nitrogens with one attached hydrogen (secondary N) is 1. The van der Waals surface area contributed by atoms with Crippen molar-refractivity contribution in [1.29, 1.82) is 5.26 Å². The molecule has 2 aromatic carbocycles. The molecule has 134 valence electrons. The summed E-state index contributed by atoms with van der Waals surface area (Å²) in [7, 11) is 0. The summed E-state index contributed by atoms with van der Waals surface area (Å²) < 4.78 is 13.3. The number of hydrogen-bond donors (Lipinski definition) is 2. The first kappa shape index (κ1) is 18.4. The van der Waals surface area contributed by atoms with Crippen molar-refractivity contribution in [3.05, 3.63) is 70.0 Å². The van der Waals surface area contributed by atoms with Gasteiger partial charge in [-0.3, -0.25) is 4.79 Å². The van der Waals surface area contributed by atoms with Gasteiger partial charge in [0.05, 0.1) is 22.7 Å². The third kappa shape index (κ3) is 4.04. The Morgan fingerprint density at radius 2 is 2.00 bits per heavy atom. The lowest BCUT2D eigenvalue weighted by Gasteiger charge is -2.19. The molecule has 1 aliphatic carbocycles. The summed E-state index contributed by atoms with van der Waals surface area (Å²) in [5, 5.41) is 11.8. The Balaban J connectivity index is 1.57. The highest BCUT2D eigenvalue weighted by molar-refractivity contribution is 6.30. The second kappa shape index (κ2) is 7.45. The van der Waals surface area contributed by atoms with Crippen molar-refractivity contribution < 1.29 is 9.18 Å². The summed E-state index contributed by atoms with van der Waals surface area (Å²) in [5.74, 6) is -0.673. The molecule has 0 saturated heterocycles. The van der Waals surface area contributed by atoms with Gasteiger partial charge in [0.2, 0.25) is 5.91 Å². The van der Waals surface area contributed by atoms with E-state index in [9.17, 15) is 9.18 Å². The number of benzene rings is 2. The van der Waals surface area contributed by atoms with Gasteiger partial charge >= 0.3 is 0 Å². The van der Waals surface area contributed by atoms with Crippen LogP contribution in [0.1, 0.15) is 29.5 Å². The van der Waals surface area contributed by atoms with Crippen LogP contribution in [-0.4, -0.2) is 18.5 Å². The molecular formula is C20H19ClFN3O. The summed E-state index contributed by atoms with van der Waals surface area (Å²) >= 11 is 5.87. The average molecular weight is 372 g/mol. The highest BCUT2D eigenvalue weighted by Crippen LogP contribution is 2.48. The van der Waals surface area contributed by atoms with Crippen molar-refractivity contribution in [1.82, 2.24) is 5.32 Å². The van der Waals surface area contributed by atoms with Crippen molar-refractivity contribution in [3.63, 3.8) is 0 Å². The van der Waals surface area contributed by atoms with Crippen LogP contribution in [0.4, 0.5) is 4.39 Å². The number of halogens is 2. The summed E-state index contributed by atoms with van der Waals surface area (Å²) in [4.78, 5) is 12.3. The zero-order chi connectivity index (χ0) is 18.7. The minimum atomic E-state index is -0.671. The SMILES string of the molecule is N#Cc1ccc(CC(N)C(=O)NCC2(c3ccc(F)c(Cl)c3)CC2)cc1. The van der Waals surface area contributed by atoms with E-state index >= 15 is 0 Å². The highest BCUT2D eigenvalue weighted by Gasteiger charge is 2.44. The quantitative estimate of drug-likeness (QED) is 0.819. The van der Waals surface area contributed by atoms with Crippen molar-refractivity contribution in [2.75, 3.05) is 6.54 Å². The van der Waals surface area contributed by atoms with Crippen LogP contribution >= 0.6 is 11.6 Å². The van der Waals surface area contributed by atoms with Crippen molar-refractivity contribution in [2.24, 2.45) is 5.73 Å². The van der Waals surface area contributed by atoms with E-state index in [1.807, 2.05) is 0 Å². The van der Waals surface area contributed by atoms with E-state index in [0.29, 0.717) is 18.5 Å². The molecule has 0 aromatic heterocycles. The van der Waals surface area contributed by atoms with Gasteiger partial charge in [-0.15, -0.1) is 0 Å². The first-order valence-electron chi connectivity index (χ1n) is 8.41. The third-order valence-electron chi connectivity index (χ3n) is 4.86. The Kier molecular flexibility index (Phi) is 5.26. The molecule has 3 rings (SSSR count). The summed E-state index contributed by atoms with van der Waals surface area (Å²) in [5.41, 5.74) is 8.23. The Hall–Kier alpha value is -2.42. The molecule has 1 aliphatic rings. The van der Waals surface area contributed by atoms with Gasteiger partial charge in [-0.1, -0.05) is 29.8 Å². The molecular weight excluding hydrogens is 353 g/mol. The van der Waals surface area contributed by atoms with E-state index in [1.165, 1.54) is 6.07 Å². The molecule has 1 saturated carbocycles. The Morgan fingerprint density at radius 3 is 2.58 bits per heavy atom. The Labute approximate surface area is 156 Å². The number of hydrogen-bond acceptors (Lipinski definition) is 3. The fraction of sp³-hybridized carbons (Fsp3) is 0.300. The molecule has 4 nitrogen and oxygen atoms in total. The van der Waals surface area contributed by atoms with Crippen LogP contribution in [0.2, 0.25) is 5.02 Å². The highest BCUT2D eigenvalue weighted by atomic mass is 35.5. The Morgan fingerprint density at radius 1 is 1.31 bits per heavy atom. The standard InChI is InChI=1S/C20H19ClFN3O/c21-16-10-15(5-6-17(16)22)20(7-8-20)12-25-19(26)18(24)9-13-1-3-14(11-23)4-2-13/h1-6,10,18H,7-9,12,24H2,(H,25,26). The average Bonchev–Trinajstić information content (AvgIpc) is 3.43. The monoisotopic (exact) mass is 371 g/mol. The predicted molar refractivity (Wildman–Crippen MR) is 98.2 cm³/mol. The zero-order valence-corrected chi connectivity index (χ0v) is 14.9. The number of carbonyl (C=O) groups excluding carboxylic acids is 1. The summed E-state index contributed by atoms with van der Waals surface area (Å²) in [6.07, 6.45) is 2.23. The molecule has 1 atom stereocenters. The molecule has 0 bridgehead atoms. The van der Waals surface area contributed by atoms with Gasteiger partial charge < -0.3 is 11.1 Å². The number of amides is 1. The maximum Gasteiger partial charge on any atom is 0.237 e. The van der Waals surface area contributed by atoms with E-state index in [2.05, 4.69) is 11.4 Å². The number of nitrogens with two attached hydrogens (primary N) is 1. The van der Waals surface area contributed by atoms with Gasteiger partial charge in [-0.2, -0.15) is 5.26 Å². The van der Waals surface area contributed by atoms with Gasteiger partial charge in [0.1, 0.15) is 5.82 Å². The lowest BCUT2D eigenvalue weighted by Crippen LogP contribution is -2.44. The topological polar surface area (TPSA) is 78.9 Å². The molecule has 0 heterocycles. The molecule has 0 radical (unpaired) electrons. The van der Waals surface area contributed by atoms with Crippen LogP contribution < -0.4 is 11.1 Å². The molecule has 26 heavy (non-hydrogen) atoms. The van der Waals surface area contributed by atoms with Crippen LogP contribution in [0.25, 0.3) is 0 Å². The summed E-state index contributed by atoms with van der Waals surface area (Å²) in [6.45, 7) is 0.453. The van der Waals surface area contributed by atoms with Crippen molar-refractivity contribution in [2.45, 2.75) is 30.7 Å². The maximum absolute atomic E-state index is 13.3.